The molecule has 6 rings (SSSR count). The van der Waals surface area contributed by atoms with Crippen molar-refractivity contribution in [2.75, 3.05) is 6.61 Å². The number of nitrogens with one attached hydrogen (secondary N) is 1. The third kappa shape index (κ3) is 7.49. The van der Waals surface area contributed by atoms with Crippen LogP contribution in [0.3, 0.4) is 0 Å². The van der Waals surface area contributed by atoms with E-state index in [0.717, 1.165) is 13.8 Å². The van der Waals surface area contributed by atoms with E-state index in [0.29, 0.717) is 0 Å². The Morgan fingerprint density at radius 3 is 2.17 bits per heavy atom. The Morgan fingerprint density at radius 1 is 0.950 bits per heavy atom. The van der Waals surface area contributed by atoms with Crippen LogP contribution >= 0.6 is 0 Å². The standard InChI is InChI=1S/C43H53NO16/c1-21-26(57-37(51)31(48)30(25-16-13-17-54-25)44-38(52)60-39(4,5)6)19-43(53)35(58-36(50)24-14-11-10-12-15-24)33-41(9,27(47)18-28-42(33,20-55-28)59-23(3)46)34(49)32(56-22(2)45)29(21)40(43,7)8/h10-17,26-28,30-33,35,47-48,53H,18-20H2,1-9H3,(H,44,52)/t26-,27-,28+,30+,31+,32+,33-,35-,41+,42-,43+/m0/s1. The topological polar surface area (TPSA) is 244 Å². The maximum absolute atomic E-state index is 15.4. The number of carbonyl (C=O) groups is 6. The highest BCUT2D eigenvalue weighted by atomic mass is 16.6. The van der Waals surface area contributed by atoms with E-state index in [2.05, 4.69) is 5.32 Å². The smallest absolute Gasteiger partial charge is 0.408 e. The van der Waals surface area contributed by atoms with Crippen molar-refractivity contribution in [2.45, 2.75) is 135 Å². The van der Waals surface area contributed by atoms with Crippen LogP contribution in [0, 0.1) is 16.7 Å². The number of hydrogen-bond acceptors (Lipinski definition) is 16. The third-order valence-corrected chi connectivity index (χ3v) is 12.5. The number of benzene rings is 1. The number of carbonyl (C=O) groups excluding carboxylic acids is 6. The van der Waals surface area contributed by atoms with E-state index in [4.69, 9.17) is 32.8 Å². The van der Waals surface area contributed by atoms with E-state index >= 15 is 4.79 Å². The molecule has 4 N–H and O–H groups in total. The number of aliphatic hydroxyl groups excluding tert-OH is 2. The predicted octanol–water partition coefficient (Wildman–Crippen LogP) is 3.42. The zero-order chi connectivity index (χ0) is 44.3. The number of ketones is 1. The molecule has 0 unspecified atom stereocenters. The minimum atomic E-state index is -2.41. The number of alkyl carbamates (subject to hydrolysis) is 1. The summed E-state index contributed by atoms with van der Waals surface area (Å²) < 4.78 is 40.8. The van der Waals surface area contributed by atoms with Crippen molar-refractivity contribution in [1.82, 2.24) is 5.32 Å². The van der Waals surface area contributed by atoms with Crippen LogP contribution in [0.2, 0.25) is 0 Å². The molecule has 60 heavy (non-hydrogen) atoms. The first-order valence-corrected chi connectivity index (χ1v) is 19.7. The molecule has 0 spiro atoms. The Balaban J connectivity index is 1.54. The number of hydrogen-bond donors (Lipinski definition) is 4. The van der Waals surface area contributed by atoms with Gasteiger partial charge in [-0.05, 0) is 70.0 Å². The lowest BCUT2D eigenvalue weighted by Gasteiger charge is -2.67. The third-order valence-electron chi connectivity index (χ3n) is 12.5. The fourth-order valence-corrected chi connectivity index (χ4v) is 9.57. The molecular formula is C43H53NO16. The molecule has 2 bridgehead atoms. The number of ether oxygens (including phenoxy) is 6. The van der Waals surface area contributed by atoms with Gasteiger partial charge in [-0.1, -0.05) is 32.0 Å². The van der Waals surface area contributed by atoms with Gasteiger partial charge in [0.25, 0.3) is 0 Å². The van der Waals surface area contributed by atoms with Crippen molar-refractivity contribution in [2.24, 2.45) is 16.7 Å². The van der Waals surface area contributed by atoms with Gasteiger partial charge < -0.3 is 53.5 Å². The molecule has 3 aliphatic carbocycles. The van der Waals surface area contributed by atoms with Gasteiger partial charge >= 0.3 is 30.0 Å². The number of aliphatic hydroxyl groups is 3. The summed E-state index contributed by atoms with van der Waals surface area (Å²) in [6.07, 6.45) is -10.5. The van der Waals surface area contributed by atoms with Crippen LogP contribution in [-0.4, -0.2) is 111 Å². The number of rotatable bonds is 9. The Morgan fingerprint density at radius 2 is 1.62 bits per heavy atom. The number of amides is 1. The zero-order valence-electron chi connectivity index (χ0n) is 35.0. The second kappa shape index (κ2) is 15.7. The van der Waals surface area contributed by atoms with Crippen molar-refractivity contribution in [3.8, 4) is 0 Å². The summed E-state index contributed by atoms with van der Waals surface area (Å²) in [4.78, 5) is 82.5. The largest absolute Gasteiger partial charge is 0.467 e. The van der Waals surface area contributed by atoms with Crippen LogP contribution in [0.1, 0.15) is 97.3 Å². The highest BCUT2D eigenvalue weighted by Gasteiger charge is 2.78. The first-order valence-electron chi connectivity index (χ1n) is 19.7. The summed E-state index contributed by atoms with van der Waals surface area (Å²) in [6, 6.07) is 9.12. The van der Waals surface area contributed by atoms with Gasteiger partial charge in [-0.15, -0.1) is 0 Å². The first-order chi connectivity index (χ1) is 27.9. The van der Waals surface area contributed by atoms with E-state index in [1.807, 2.05) is 0 Å². The molecule has 0 radical (unpaired) electrons. The number of Topliss-reactive ketones (excluding diaryl/α,β-unsaturated/α-hetero) is 1. The van der Waals surface area contributed by atoms with Gasteiger partial charge in [0.1, 0.15) is 41.3 Å². The Labute approximate surface area is 346 Å². The molecule has 4 aliphatic rings. The maximum Gasteiger partial charge on any atom is 0.408 e. The molecule has 326 valence electrons. The maximum atomic E-state index is 15.4. The lowest BCUT2D eigenvalue weighted by Crippen LogP contribution is -2.82. The van der Waals surface area contributed by atoms with Crippen molar-refractivity contribution in [3.05, 3.63) is 71.2 Å². The van der Waals surface area contributed by atoms with Gasteiger partial charge in [-0.2, -0.15) is 0 Å². The summed E-state index contributed by atoms with van der Waals surface area (Å²) in [5.41, 5.74) is -8.72. The molecule has 1 amide bonds. The fourth-order valence-electron chi connectivity index (χ4n) is 9.57. The van der Waals surface area contributed by atoms with Gasteiger partial charge in [0.2, 0.25) is 0 Å². The minimum Gasteiger partial charge on any atom is -0.467 e. The Hall–Kier alpha value is -5.10. The molecule has 17 heteroatoms. The van der Waals surface area contributed by atoms with Crippen molar-refractivity contribution >= 4 is 35.8 Å². The summed E-state index contributed by atoms with van der Waals surface area (Å²) in [6.45, 7) is 12.7. The van der Waals surface area contributed by atoms with Crippen molar-refractivity contribution < 1.29 is 76.9 Å². The van der Waals surface area contributed by atoms with Crippen LogP contribution < -0.4 is 5.32 Å². The summed E-state index contributed by atoms with van der Waals surface area (Å²) in [5, 5.41) is 39.6. The van der Waals surface area contributed by atoms with Crippen LogP contribution in [-0.2, 0) is 47.6 Å². The second-order valence-corrected chi connectivity index (χ2v) is 17.8. The number of esters is 4. The molecule has 1 saturated heterocycles. The lowest BCUT2D eigenvalue weighted by atomic mass is 9.44. The molecule has 1 aromatic carbocycles. The fraction of sp³-hybridized carbons (Fsp3) is 0.581. The average molecular weight is 840 g/mol. The van der Waals surface area contributed by atoms with E-state index in [1.165, 1.54) is 44.4 Å². The normalized spacial score (nSPS) is 32.9. The quantitative estimate of drug-likeness (QED) is 0.161. The molecule has 17 nitrogen and oxygen atoms in total. The zero-order valence-corrected chi connectivity index (χ0v) is 35.0. The van der Waals surface area contributed by atoms with Crippen LogP contribution in [0.5, 0.6) is 0 Å². The van der Waals surface area contributed by atoms with E-state index in [-0.39, 0.29) is 35.5 Å². The summed E-state index contributed by atoms with van der Waals surface area (Å²) in [7, 11) is 0. The van der Waals surface area contributed by atoms with Gasteiger partial charge in [0.05, 0.1) is 35.9 Å². The van der Waals surface area contributed by atoms with E-state index < -0.39 is 118 Å². The molecule has 11 atom stereocenters. The Bertz CT molecular complexity index is 2050. The molecule has 2 saturated carbocycles. The minimum absolute atomic E-state index is 0.0284. The van der Waals surface area contributed by atoms with Crippen LogP contribution in [0.4, 0.5) is 4.79 Å². The Kier molecular flexibility index (Phi) is 11.7. The van der Waals surface area contributed by atoms with E-state index in [1.54, 1.807) is 52.8 Å². The van der Waals surface area contributed by atoms with Crippen molar-refractivity contribution in [1.29, 1.82) is 0 Å². The summed E-state index contributed by atoms with van der Waals surface area (Å²) in [5.74, 6) is -6.44. The van der Waals surface area contributed by atoms with Gasteiger partial charge in [-0.3, -0.25) is 14.4 Å². The number of furan rings is 1. The van der Waals surface area contributed by atoms with E-state index in [9.17, 15) is 39.3 Å². The van der Waals surface area contributed by atoms with Gasteiger partial charge in [-0.25, -0.2) is 14.4 Å². The lowest BCUT2D eigenvalue weighted by molar-refractivity contribution is -0.346. The molecule has 1 aliphatic heterocycles. The predicted molar refractivity (Wildman–Crippen MR) is 205 cm³/mol. The highest BCUT2D eigenvalue weighted by molar-refractivity contribution is 5.95. The van der Waals surface area contributed by atoms with Crippen LogP contribution in [0.15, 0.2) is 64.3 Å². The molecule has 2 heterocycles. The second-order valence-electron chi connectivity index (χ2n) is 17.8. The highest BCUT2D eigenvalue weighted by Crippen LogP contribution is 2.64. The molecule has 3 fully saturated rings. The molecule has 2 aromatic rings. The average Bonchev–Trinajstić information content (AvgIpc) is 3.69. The first kappa shape index (κ1) is 44.5. The van der Waals surface area contributed by atoms with Gasteiger partial charge in [0, 0.05) is 32.1 Å². The van der Waals surface area contributed by atoms with Crippen LogP contribution in [0.25, 0.3) is 0 Å². The number of fused-ring (bicyclic) bond motifs is 5. The molecular weight excluding hydrogens is 786 g/mol. The molecule has 1 aromatic heterocycles. The van der Waals surface area contributed by atoms with Gasteiger partial charge in [0.15, 0.2) is 23.6 Å². The SMILES string of the molecule is CC(=O)O[C@H]1C(=O)[C@@]2(C)[C@H]([C@H](OC(=O)c3ccccc3)[C@]3(O)C[C@H](OC(=O)[C@H](O)[C@H](NC(=O)OC(C)(C)C)c4ccco4)C(C)=C1C3(C)C)[C@]1(OC(C)=O)CO[C@@H]1C[C@@H]2O. The monoisotopic (exact) mass is 839 g/mol. The summed E-state index contributed by atoms with van der Waals surface area (Å²) >= 11 is 0. The van der Waals surface area contributed by atoms with Crippen molar-refractivity contribution in [3.63, 3.8) is 0 Å².